The van der Waals surface area contributed by atoms with E-state index in [-0.39, 0.29) is 5.91 Å². The Balaban J connectivity index is 2.41. The number of carboxylic acid groups (broad SMARTS) is 1. The average molecular weight is 307 g/mol. The maximum absolute atomic E-state index is 12.9. The summed E-state index contributed by atoms with van der Waals surface area (Å²) >= 11 is 1.58. The molecule has 2 rings (SSSR count). The molecule has 0 aromatic heterocycles. The van der Waals surface area contributed by atoms with Gasteiger partial charge in [0, 0.05) is 17.0 Å². The summed E-state index contributed by atoms with van der Waals surface area (Å²) in [4.78, 5) is 27.2. The first-order valence-corrected chi connectivity index (χ1v) is 8.38. The molecule has 1 aromatic carbocycles. The number of nitrogens with zero attached hydrogens (tertiary/aromatic N) is 1. The molecule has 1 amide bonds. The van der Waals surface area contributed by atoms with Crippen LogP contribution < -0.4 is 0 Å². The summed E-state index contributed by atoms with van der Waals surface area (Å²) < 4.78 is 0. The molecule has 4 nitrogen and oxygen atoms in total. The van der Waals surface area contributed by atoms with Crippen LogP contribution in [0.2, 0.25) is 0 Å². The highest BCUT2D eigenvalue weighted by atomic mass is 32.2. The molecule has 1 N–H and O–H groups in total. The first kappa shape index (κ1) is 15.9. The Labute approximate surface area is 129 Å². The summed E-state index contributed by atoms with van der Waals surface area (Å²) in [6, 6.07) is 5.76. The van der Waals surface area contributed by atoms with Crippen LogP contribution in [0.1, 0.15) is 42.1 Å². The molecule has 0 aliphatic carbocycles. The number of carbonyl (C=O) groups excluding carboxylic acids is 1. The van der Waals surface area contributed by atoms with Crippen molar-refractivity contribution in [1.82, 2.24) is 4.90 Å². The van der Waals surface area contributed by atoms with Crippen molar-refractivity contribution in [3.05, 3.63) is 29.3 Å². The quantitative estimate of drug-likeness (QED) is 0.868. The van der Waals surface area contributed by atoms with Crippen LogP contribution in [0.4, 0.5) is 0 Å². The van der Waals surface area contributed by atoms with E-state index in [0.29, 0.717) is 24.9 Å². The maximum atomic E-state index is 12.9. The van der Waals surface area contributed by atoms with Gasteiger partial charge in [0.25, 0.3) is 5.91 Å². The molecule has 5 heteroatoms. The van der Waals surface area contributed by atoms with E-state index in [9.17, 15) is 14.7 Å². The normalized spacial score (nSPS) is 21.6. The van der Waals surface area contributed by atoms with Crippen molar-refractivity contribution in [2.24, 2.45) is 0 Å². The zero-order valence-electron chi connectivity index (χ0n) is 12.7. The summed E-state index contributed by atoms with van der Waals surface area (Å²) in [7, 11) is 0. The van der Waals surface area contributed by atoms with Crippen LogP contribution in [0.15, 0.2) is 23.1 Å². The fraction of sp³-hybridized carbons (Fsp3) is 0.500. The van der Waals surface area contributed by atoms with Crippen molar-refractivity contribution in [3.8, 4) is 0 Å². The second-order valence-electron chi connectivity index (χ2n) is 5.43. The van der Waals surface area contributed by atoms with Crippen LogP contribution in [-0.4, -0.2) is 40.2 Å². The Morgan fingerprint density at radius 1 is 1.43 bits per heavy atom. The topological polar surface area (TPSA) is 57.6 Å². The predicted octanol–water partition coefficient (Wildman–Crippen LogP) is 3.19. The lowest BCUT2D eigenvalue weighted by molar-refractivity contribution is -0.148. The number of aryl methyl sites for hydroxylation is 1. The number of aliphatic carboxylic acids is 1. The van der Waals surface area contributed by atoms with Crippen LogP contribution in [0, 0.1) is 6.92 Å². The van der Waals surface area contributed by atoms with E-state index in [1.54, 1.807) is 16.7 Å². The Morgan fingerprint density at radius 3 is 2.71 bits per heavy atom. The van der Waals surface area contributed by atoms with Crippen molar-refractivity contribution >= 4 is 23.6 Å². The Bertz CT molecular complexity index is 573. The lowest BCUT2D eigenvalue weighted by Gasteiger charge is -2.34. The maximum Gasteiger partial charge on any atom is 0.329 e. The zero-order chi connectivity index (χ0) is 15.6. The van der Waals surface area contributed by atoms with E-state index in [1.165, 1.54) is 0 Å². The number of carbonyl (C=O) groups is 2. The van der Waals surface area contributed by atoms with Crippen molar-refractivity contribution in [3.63, 3.8) is 0 Å². The number of hydrogen-bond acceptors (Lipinski definition) is 3. The van der Waals surface area contributed by atoms with Gasteiger partial charge in [-0.15, -0.1) is 11.8 Å². The van der Waals surface area contributed by atoms with E-state index in [2.05, 4.69) is 0 Å². The molecule has 0 radical (unpaired) electrons. The van der Waals surface area contributed by atoms with E-state index < -0.39 is 11.5 Å². The highest BCUT2D eigenvalue weighted by molar-refractivity contribution is 7.98. The monoisotopic (exact) mass is 307 g/mol. The van der Waals surface area contributed by atoms with Gasteiger partial charge >= 0.3 is 5.97 Å². The molecule has 21 heavy (non-hydrogen) atoms. The summed E-state index contributed by atoms with van der Waals surface area (Å²) in [5.41, 5.74) is 0.460. The van der Waals surface area contributed by atoms with Gasteiger partial charge in [0.15, 0.2) is 0 Å². The van der Waals surface area contributed by atoms with Crippen LogP contribution in [0.3, 0.4) is 0 Å². The standard InChI is InChI=1S/C16H21NO3S/c1-4-16(15(19)20)8-5-9-17(16)14(18)13-10-12(21-3)7-6-11(13)2/h6-7,10H,4-5,8-9H2,1-3H3,(H,19,20). The number of hydrogen-bond donors (Lipinski definition) is 1. The Morgan fingerprint density at radius 2 is 2.14 bits per heavy atom. The number of carboxylic acids is 1. The van der Waals surface area contributed by atoms with Crippen LogP contribution in [-0.2, 0) is 4.79 Å². The molecular weight excluding hydrogens is 286 g/mol. The predicted molar refractivity (Wildman–Crippen MR) is 83.9 cm³/mol. The number of thioether (sulfide) groups is 1. The third-order valence-corrected chi connectivity index (χ3v) is 5.12. The third-order valence-electron chi connectivity index (χ3n) is 4.39. The van der Waals surface area contributed by atoms with Gasteiger partial charge in [-0.2, -0.15) is 0 Å². The largest absolute Gasteiger partial charge is 0.479 e. The summed E-state index contributed by atoms with van der Waals surface area (Å²) in [5.74, 6) is -1.06. The van der Waals surface area contributed by atoms with Gasteiger partial charge in [-0.1, -0.05) is 13.0 Å². The first-order chi connectivity index (χ1) is 9.96. The van der Waals surface area contributed by atoms with Crippen LogP contribution in [0.25, 0.3) is 0 Å². The minimum absolute atomic E-state index is 0.162. The fourth-order valence-electron chi connectivity index (χ4n) is 3.02. The average Bonchev–Trinajstić information content (AvgIpc) is 2.92. The smallest absolute Gasteiger partial charge is 0.329 e. The van der Waals surface area contributed by atoms with Gasteiger partial charge in [0.05, 0.1) is 0 Å². The molecule has 1 heterocycles. The van der Waals surface area contributed by atoms with Crippen molar-refractivity contribution in [2.45, 2.75) is 43.5 Å². The van der Waals surface area contributed by atoms with E-state index >= 15 is 0 Å². The minimum Gasteiger partial charge on any atom is -0.479 e. The Hall–Kier alpha value is -1.49. The number of benzene rings is 1. The molecule has 1 fully saturated rings. The van der Waals surface area contributed by atoms with Crippen LogP contribution >= 0.6 is 11.8 Å². The zero-order valence-corrected chi connectivity index (χ0v) is 13.5. The molecule has 0 spiro atoms. The second kappa shape index (κ2) is 6.10. The van der Waals surface area contributed by atoms with Gasteiger partial charge in [0.1, 0.15) is 5.54 Å². The van der Waals surface area contributed by atoms with Crippen molar-refractivity contribution < 1.29 is 14.7 Å². The molecule has 114 valence electrons. The van der Waals surface area contributed by atoms with Gasteiger partial charge < -0.3 is 10.0 Å². The highest BCUT2D eigenvalue weighted by Crippen LogP contribution is 2.35. The molecule has 1 atom stereocenters. The molecule has 1 aliphatic heterocycles. The van der Waals surface area contributed by atoms with Crippen molar-refractivity contribution in [2.75, 3.05) is 12.8 Å². The Kier molecular flexibility index (Phi) is 4.61. The molecule has 0 bridgehead atoms. The van der Waals surface area contributed by atoms with Gasteiger partial charge in [-0.3, -0.25) is 4.79 Å². The molecule has 1 aliphatic rings. The lowest BCUT2D eigenvalue weighted by Crippen LogP contribution is -2.52. The van der Waals surface area contributed by atoms with Crippen LogP contribution in [0.5, 0.6) is 0 Å². The summed E-state index contributed by atoms with van der Waals surface area (Å²) in [6.07, 6.45) is 3.68. The molecule has 0 saturated carbocycles. The molecular formula is C16H21NO3S. The van der Waals surface area contributed by atoms with E-state index in [0.717, 1.165) is 16.9 Å². The SMILES string of the molecule is CCC1(C(=O)O)CCCN1C(=O)c1cc(SC)ccc1C. The summed E-state index contributed by atoms with van der Waals surface area (Å²) in [5, 5.41) is 9.60. The molecule has 1 saturated heterocycles. The first-order valence-electron chi connectivity index (χ1n) is 7.16. The third kappa shape index (κ3) is 2.67. The molecule has 1 aromatic rings. The van der Waals surface area contributed by atoms with E-state index in [1.807, 2.05) is 38.3 Å². The highest BCUT2D eigenvalue weighted by Gasteiger charge is 2.48. The number of rotatable bonds is 4. The number of likely N-dealkylation sites (tertiary alicyclic amines) is 1. The fourth-order valence-corrected chi connectivity index (χ4v) is 3.46. The second-order valence-corrected chi connectivity index (χ2v) is 6.31. The van der Waals surface area contributed by atoms with Gasteiger partial charge in [-0.25, -0.2) is 4.79 Å². The lowest BCUT2D eigenvalue weighted by atomic mass is 9.92. The minimum atomic E-state index is -1.04. The van der Waals surface area contributed by atoms with Gasteiger partial charge in [0.2, 0.25) is 0 Å². The van der Waals surface area contributed by atoms with E-state index in [4.69, 9.17) is 0 Å². The summed E-state index contributed by atoms with van der Waals surface area (Å²) in [6.45, 7) is 4.24. The number of amides is 1. The van der Waals surface area contributed by atoms with Gasteiger partial charge in [-0.05, 0) is 50.1 Å². The molecule has 1 unspecified atom stereocenters. The van der Waals surface area contributed by atoms with Crippen molar-refractivity contribution in [1.29, 1.82) is 0 Å².